The molecule has 4 unspecified atom stereocenters. The largest absolute Gasteiger partial charge is 0.801 e. The summed E-state index contributed by atoms with van der Waals surface area (Å²) < 4.78 is 36.2. The van der Waals surface area contributed by atoms with Gasteiger partial charge in [-0.15, -0.1) is 0 Å². The second-order valence-electron chi connectivity index (χ2n) is 7.99. The lowest BCUT2D eigenvalue weighted by Gasteiger charge is -2.23. The van der Waals surface area contributed by atoms with Gasteiger partial charge in [0.25, 0.3) is 0 Å². The third kappa shape index (κ3) is 20.2. The lowest BCUT2D eigenvalue weighted by atomic mass is 10.0. The van der Waals surface area contributed by atoms with E-state index in [1.807, 2.05) is 12.2 Å². The van der Waals surface area contributed by atoms with Gasteiger partial charge in [0.05, 0.1) is 13.2 Å². The molecule has 15 heteroatoms. The summed E-state index contributed by atoms with van der Waals surface area (Å²) in [5.74, 6) is 0. The Morgan fingerprint density at radius 1 is 0.972 bits per heavy atom. The van der Waals surface area contributed by atoms with E-state index >= 15 is 0 Å². The van der Waals surface area contributed by atoms with Crippen molar-refractivity contribution in [2.24, 2.45) is 0 Å². The highest BCUT2D eigenvalue weighted by molar-refractivity contribution is 8.34. The van der Waals surface area contributed by atoms with Crippen LogP contribution in [0.1, 0.15) is 51.4 Å². The van der Waals surface area contributed by atoms with Gasteiger partial charge in [-0.25, -0.2) is 9.59 Å². The van der Waals surface area contributed by atoms with Crippen LogP contribution in [0.15, 0.2) is 24.3 Å². The van der Waals surface area contributed by atoms with Gasteiger partial charge in [0.15, 0.2) is 0 Å². The molecule has 0 saturated heterocycles. The lowest BCUT2D eigenvalue weighted by molar-refractivity contribution is -0.180. The highest BCUT2D eigenvalue weighted by Gasteiger charge is 2.15. The van der Waals surface area contributed by atoms with Crippen LogP contribution in [0.4, 0.5) is 9.59 Å². The number of alkyl carbamates (subject to hydrolysis) is 2. The van der Waals surface area contributed by atoms with Crippen molar-refractivity contribution in [1.29, 1.82) is 0 Å². The Kier molecular flexibility index (Phi) is 16.9. The van der Waals surface area contributed by atoms with Crippen molar-refractivity contribution in [3.8, 4) is 0 Å². The SMILES string of the molecule is CP(=O)([S-])OCNC(=O)OC1CC/C=C/CCO1.CP([O-])(=S)OCNC(=O)OC1CC/C=C/CCC1. The molecule has 2 N–H and O–H groups in total. The summed E-state index contributed by atoms with van der Waals surface area (Å²) in [5, 5.41) is 4.68. The van der Waals surface area contributed by atoms with E-state index < -0.39 is 31.5 Å². The molecule has 1 aliphatic carbocycles. The first-order valence-corrected chi connectivity index (χ1v) is 17.8. The highest BCUT2D eigenvalue weighted by Crippen LogP contribution is 2.38. The van der Waals surface area contributed by atoms with Gasteiger partial charge < -0.3 is 45.0 Å². The first-order chi connectivity index (χ1) is 16.9. The summed E-state index contributed by atoms with van der Waals surface area (Å²) in [7, 11) is 0. The fourth-order valence-corrected chi connectivity index (χ4v) is 3.84. The number of carbonyl (C=O) groups excluding carboxylic acids is 2. The topological polar surface area (TPSA) is 144 Å². The molecular weight excluding hydrogens is 550 g/mol. The van der Waals surface area contributed by atoms with Crippen molar-refractivity contribution < 1.29 is 42.3 Å². The molecule has 2 rings (SSSR count). The van der Waals surface area contributed by atoms with Crippen LogP contribution < -0.4 is 15.5 Å². The molecule has 0 saturated carbocycles. The molecule has 208 valence electrons. The Labute approximate surface area is 223 Å². The normalized spacial score (nSPS) is 25.3. The molecule has 0 aromatic carbocycles. The molecule has 0 aromatic rings. The minimum absolute atomic E-state index is 0.0631. The van der Waals surface area contributed by atoms with Crippen molar-refractivity contribution in [3.05, 3.63) is 24.3 Å². The number of nitrogens with one attached hydrogen (secondary N) is 2. The van der Waals surface area contributed by atoms with Crippen LogP contribution in [-0.4, -0.2) is 58.0 Å². The maximum absolute atomic E-state index is 11.4. The van der Waals surface area contributed by atoms with Crippen molar-refractivity contribution >= 4 is 49.3 Å². The van der Waals surface area contributed by atoms with Gasteiger partial charge in [-0.3, -0.25) is 10.6 Å². The number of carbonyl (C=O) groups is 2. The third-order valence-electron chi connectivity index (χ3n) is 4.59. The Balaban J connectivity index is 0.000000360. The Morgan fingerprint density at radius 2 is 1.56 bits per heavy atom. The van der Waals surface area contributed by atoms with Crippen molar-refractivity contribution in [2.45, 2.75) is 63.8 Å². The number of allylic oxidation sites excluding steroid dienone is 3. The Bertz CT molecular complexity index is 751. The average molecular weight is 587 g/mol. The van der Waals surface area contributed by atoms with Crippen LogP contribution in [0.2, 0.25) is 0 Å². The first-order valence-electron chi connectivity index (χ1n) is 11.6. The van der Waals surface area contributed by atoms with E-state index in [0.717, 1.165) is 44.9 Å². The van der Waals surface area contributed by atoms with Gasteiger partial charge in [0.2, 0.25) is 6.29 Å². The van der Waals surface area contributed by atoms with Crippen LogP contribution in [-0.2, 0) is 51.9 Å². The molecule has 0 bridgehead atoms. The number of rotatable bonds is 8. The monoisotopic (exact) mass is 586 g/mol. The van der Waals surface area contributed by atoms with E-state index in [9.17, 15) is 19.0 Å². The molecule has 2 amide bonds. The van der Waals surface area contributed by atoms with Gasteiger partial charge in [-0.05, 0) is 64.8 Å². The van der Waals surface area contributed by atoms with Crippen molar-refractivity contribution in [3.63, 3.8) is 0 Å². The highest BCUT2D eigenvalue weighted by atomic mass is 32.7. The average Bonchev–Trinajstić information content (AvgIpc) is 2.70. The zero-order valence-electron chi connectivity index (χ0n) is 20.6. The quantitative estimate of drug-likeness (QED) is 0.184. The van der Waals surface area contributed by atoms with Gasteiger partial charge in [0.1, 0.15) is 19.6 Å². The molecule has 2 aliphatic rings. The van der Waals surface area contributed by atoms with Gasteiger partial charge >= 0.3 is 12.2 Å². The zero-order valence-corrected chi connectivity index (χ0v) is 24.0. The Hall–Kier alpha value is -0.910. The molecule has 0 fully saturated rings. The van der Waals surface area contributed by atoms with E-state index in [0.29, 0.717) is 13.0 Å². The molecule has 4 atom stereocenters. The van der Waals surface area contributed by atoms with Crippen molar-refractivity contribution in [2.75, 3.05) is 33.4 Å². The van der Waals surface area contributed by atoms with Crippen LogP contribution in [0.5, 0.6) is 0 Å². The molecule has 0 aromatic heterocycles. The van der Waals surface area contributed by atoms with E-state index in [2.05, 4.69) is 46.8 Å². The van der Waals surface area contributed by atoms with E-state index in [1.54, 1.807) is 0 Å². The Morgan fingerprint density at radius 3 is 2.22 bits per heavy atom. The van der Waals surface area contributed by atoms with Crippen LogP contribution in [0, 0.1) is 0 Å². The first kappa shape index (κ1) is 33.1. The number of ether oxygens (including phenoxy) is 3. The molecule has 0 spiro atoms. The third-order valence-corrected chi connectivity index (χ3v) is 6.41. The maximum Gasteiger partial charge on any atom is 0.411 e. The second-order valence-corrected chi connectivity index (χ2v) is 15.6. The van der Waals surface area contributed by atoms with Gasteiger partial charge in [0, 0.05) is 6.42 Å². The van der Waals surface area contributed by atoms with E-state index in [4.69, 9.17) is 23.3 Å². The summed E-state index contributed by atoms with van der Waals surface area (Å²) in [4.78, 5) is 33.9. The number of amides is 2. The maximum atomic E-state index is 11.4. The minimum atomic E-state index is -3.00. The zero-order chi connectivity index (χ0) is 26.9. The van der Waals surface area contributed by atoms with Crippen LogP contribution >= 0.6 is 13.1 Å². The molecule has 1 heterocycles. The summed E-state index contributed by atoms with van der Waals surface area (Å²) in [6.07, 6.45) is 13.4. The second kappa shape index (κ2) is 18.4. The number of hydrogen-bond acceptors (Lipinski definition) is 11. The van der Waals surface area contributed by atoms with E-state index in [-0.39, 0.29) is 19.6 Å². The van der Waals surface area contributed by atoms with E-state index in [1.165, 1.54) is 13.3 Å². The number of hydrogen-bond donors (Lipinski definition) is 2. The molecule has 0 radical (unpaired) electrons. The standard InChI is InChI=1S/C11H20NO4PS.C10H18NO5PS/c1-17(14,18)15-9-12-11(13)16-10-7-5-3-2-4-6-8-10;1-17(13,18)15-8-11-10(12)16-9-6-4-2-3-5-7-14-9/h2-3,10H,4-9H2,1H3,(H,12,13)(H,14,18);2-3,9H,4-8H2,1H3,(H,11,12)(H,13,18)/p-2/b2*3-2+. The van der Waals surface area contributed by atoms with Crippen LogP contribution in [0.25, 0.3) is 0 Å². The predicted octanol–water partition coefficient (Wildman–Crippen LogP) is 4.01. The van der Waals surface area contributed by atoms with Crippen molar-refractivity contribution in [1.82, 2.24) is 10.6 Å². The summed E-state index contributed by atoms with van der Waals surface area (Å²) >= 11 is 9.10. The van der Waals surface area contributed by atoms with Crippen LogP contribution in [0.3, 0.4) is 0 Å². The molecule has 36 heavy (non-hydrogen) atoms. The summed E-state index contributed by atoms with van der Waals surface area (Å²) in [6, 6.07) is 0. The molecular formula is C21H36N2O9P2S2-2. The summed E-state index contributed by atoms with van der Waals surface area (Å²) in [6.45, 7) is -3.27. The lowest BCUT2D eigenvalue weighted by Crippen LogP contribution is -2.32. The van der Waals surface area contributed by atoms with Gasteiger partial charge in [-0.2, -0.15) is 0 Å². The molecule has 1 aliphatic heterocycles. The predicted molar refractivity (Wildman–Crippen MR) is 141 cm³/mol. The fraction of sp³-hybridized carbons (Fsp3) is 0.714. The van der Waals surface area contributed by atoms with Gasteiger partial charge in [-0.1, -0.05) is 36.1 Å². The molecule has 11 nitrogen and oxygen atoms in total. The summed E-state index contributed by atoms with van der Waals surface area (Å²) in [5.41, 5.74) is 0. The smallest absolute Gasteiger partial charge is 0.411 e. The minimum Gasteiger partial charge on any atom is -0.801 e. The fourth-order valence-electron chi connectivity index (χ4n) is 2.93.